The van der Waals surface area contributed by atoms with Gasteiger partial charge in [-0.2, -0.15) is 4.98 Å². The molecule has 0 aromatic carbocycles. The Bertz CT molecular complexity index is 767. The van der Waals surface area contributed by atoms with E-state index in [-0.39, 0.29) is 22.6 Å². The molecule has 2 aromatic rings. The summed E-state index contributed by atoms with van der Waals surface area (Å²) in [7, 11) is 0. The predicted octanol–water partition coefficient (Wildman–Crippen LogP) is 1.77. The topological polar surface area (TPSA) is 73.1 Å². The minimum atomic E-state index is -0.342. The maximum Gasteiger partial charge on any atom is 0.225 e. The highest BCUT2D eigenvalue weighted by Crippen LogP contribution is 2.57. The van der Waals surface area contributed by atoms with Crippen molar-refractivity contribution < 1.29 is 9.84 Å². The van der Waals surface area contributed by atoms with Crippen LogP contribution in [0.1, 0.15) is 6.42 Å². The van der Waals surface area contributed by atoms with Crippen molar-refractivity contribution in [2.75, 3.05) is 6.61 Å². The van der Waals surface area contributed by atoms with E-state index < -0.39 is 0 Å². The zero-order valence-corrected chi connectivity index (χ0v) is 13.1. The molecule has 3 aliphatic rings. The summed E-state index contributed by atoms with van der Waals surface area (Å²) in [6.45, 7) is 1.50. The zero-order chi connectivity index (χ0) is 15.0. The Morgan fingerprint density at radius 2 is 2.14 bits per heavy atom. The second kappa shape index (κ2) is 4.54. The molecule has 2 bridgehead atoms. The van der Waals surface area contributed by atoms with Gasteiger partial charge in [0.25, 0.3) is 0 Å². The maximum atomic E-state index is 10.4. The van der Waals surface area contributed by atoms with Crippen LogP contribution in [0.5, 0.6) is 0 Å². The molecule has 0 amide bonds. The Kier molecular flexibility index (Phi) is 2.78. The monoisotopic (exact) mass is 340 g/mol. The molecular formula is C14H14Cl2N4O2. The van der Waals surface area contributed by atoms with E-state index in [4.69, 9.17) is 27.9 Å². The SMILES string of the molecule is OC1C2CC3C(COC13)C2Cn1cnc2c(Cl)nc(Cl)nc21. The summed E-state index contributed by atoms with van der Waals surface area (Å²) in [5.41, 5.74) is 1.22. The van der Waals surface area contributed by atoms with Gasteiger partial charge in [0.05, 0.1) is 25.1 Å². The number of aromatic nitrogens is 4. The van der Waals surface area contributed by atoms with Crippen molar-refractivity contribution in [3.05, 3.63) is 16.8 Å². The molecule has 0 radical (unpaired) electrons. The molecule has 3 heterocycles. The second-order valence-electron chi connectivity index (χ2n) is 6.53. The van der Waals surface area contributed by atoms with Crippen molar-refractivity contribution in [1.29, 1.82) is 0 Å². The van der Waals surface area contributed by atoms with Gasteiger partial charge in [-0.05, 0) is 41.7 Å². The average molecular weight is 341 g/mol. The van der Waals surface area contributed by atoms with E-state index >= 15 is 0 Å². The van der Waals surface area contributed by atoms with E-state index in [0.29, 0.717) is 34.8 Å². The van der Waals surface area contributed by atoms with Gasteiger partial charge in [-0.25, -0.2) is 9.97 Å². The summed E-state index contributed by atoms with van der Waals surface area (Å²) >= 11 is 12.0. The molecule has 2 aliphatic carbocycles. The molecule has 1 N–H and O–H groups in total. The number of hydrogen-bond donors (Lipinski definition) is 1. The first kappa shape index (κ1) is 13.5. The summed E-state index contributed by atoms with van der Waals surface area (Å²) in [6, 6.07) is 0. The summed E-state index contributed by atoms with van der Waals surface area (Å²) in [5.74, 6) is 1.70. The van der Waals surface area contributed by atoms with Crippen molar-refractivity contribution in [2.24, 2.45) is 23.7 Å². The number of ether oxygens (including phenoxy) is 1. The highest BCUT2D eigenvalue weighted by Gasteiger charge is 2.61. The first-order valence-corrected chi connectivity index (χ1v) is 8.22. The highest BCUT2D eigenvalue weighted by molar-refractivity contribution is 6.35. The van der Waals surface area contributed by atoms with Crippen molar-refractivity contribution in [1.82, 2.24) is 19.5 Å². The Labute approximate surface area is 136 Å². The van der Waals surface area contributed by atoms with E-state index in [1.54, 1.807) is 6.33 Å². The molecule has 5 rings (SSSR count). The minimum absolute atomic E-state index is 0.0528. The quantitative estimate of drug-likeness (QED) is 0.666. The molecule has 0 spiro atoms. The average Bonchev–Trinajstić information content (AvgIpc) is 3.16. The second-order valence-corrected chi connectivity index (χ2v) is 7.23. The van der Waals surface area contributed by atoms with Crippen LogP contribution in [0.3, 0.4) is 0 Å². The van der Waals surface area contributed by atoms with Gasteiger partial charge in [0.1, 0.15) is 5.52 Å². The fraction of sp³-hybridized carbons (Fsp3) is 0.643. The molecule has 6 nitrogen and oxygen atoms in total. The molecule has 6 atom stereocenters. The van der Waals surface area contributed by atoms with Gasteiger partial charge in [-0.15, -0.1) is 0 Å². The number of aliphatic hydroxyl groups excluding tert-OH is 1. The van der Waals surface area contributed by atoms with Crippen molar-refractivity contribution in [2.45, 2.75) is 25.2 Å². The predicted molar refractivity (Wildman–Crippen MR) is 79.7 cm³/mol. The van der Waals surface area contributed by atoms with Crippen molar-refractivity contribution in [3.63, 3.8) is 0 Å². The Morgan fingerprint density at radius 1 is 1.27 bits per heavy atom. The summed E-state index contributed by atoms with van der Waals surface area (Å²) < 4.78 is 7.75. The smallest absolute Gasteiger partial charge is 0.225 e. The summed E-state index contributed by atoms with van der Waals surface area (Å²) in [5, 5.41) is 10.8. The number of fused-ring (bicyclic) bond motifs is 2. The summed E-state index contributed by atoms with van der Waals surface area (Å²) in [6.07, 6.45) is 2.50. The number of rotatable bonds is 2. The normalized spacial score (nSPS) is 39.2. The Morgan fingerprint density at radius 3 is 3.00 bits per heavy atom. The van der Waals surface area contributed by atoms with Gasteiger partial charge in [0, 0.05) is 6.54 Å². The van der Waals surface area contributed by atoms with E-state index in [2.05, 4.69) is 15.0 Å². The molecule has 1 aliphatic heterocycles. The van der Waals surface area contributed by atoms with Crippen molar-refractivity contribution >= 4 is 34.4 Å². The standard InChI is InChI=1S/C14H14Cl2N4O2/c15-12-9-13(19-14(16)18-12)20(4-17-9)2-7-5-1-6-8(7)3-22-11(6)10(5)21/h4-8,10-11,21H,1-3H2. The maximum absolute atomic E-state index is 10.4. The van der Waals surface area contributed by atoms with Crippen LogP contribution in [0.25, 0.3) is 11.2 Å². The van der Waals surface area contributed by atoms with Crippen LogP contribution in [0.4, 0.5) is 0 Å². The molecule has 8 heteroatoms. The third-order valence-corrected chi connectivity index (χ3v) is 6.11. The van der Waals surface area contributed by atoms with Crippen LogP contribution in [0, 0.1) is 23.7 Å². The van der Waals surface area contributed by atoms with Crippen LogP contribution in [-0.2, 0) is 11.3 Å². The zero-order valence-electron chi connectivity index (χ0n) is 11.6. The largest absolute Gasteiger partial charge is 0.390 e. The number of aliphatic hydroxyl groups is 1. The minimum Gasteiger partial charge on any atom is -0.390 e. The molecule has 116 valence electrons. The molecular weight excluding hydrogens is 327 g/mol. The molecule has 1 saturated heterocycles. The van der Waals surface area contributed by atoms with Gasteiger partial charge in [-0.3, -0.25) is 0 Å². The summed E-state index contributed by atoms with van der Waals surface area (Å²) in [4.78, 5) is 12.5. The van der Waals surface area contributed by atoms with Crippen LogP contribution in [0.2, 0.25) is 10.4 Å². The van der Waals surface area contributed by atoms with Gasteiger partial charge < -0.3 is 14.4 Å². The van der Waals surface area contributed by atoms with Gasteiger partial charge >= 0.3 is 0 Å². The number of imidazole rings is 1. The van der Waals surface area contributed by atoms with Gasteiger partial charge in [-0.1, -0.05) is 11.6 Å². The van der Waals surface area contributed by atoms with E-state index in [1.165, 1.54) is 0 Å². The molecule has 6 unspecified atom stereocenters. The fourth-order valence-electron chi connectivity index (χ4n) is 4.77. The van der Waals surface area contributed by atoms with Crippen LogP contribution in [0.15, 0.2) is 6.33 Å². The molecule has 22 heavy (non-hydrogen) atoms. The molecule has 3 fully saturated rings. The first-order chi connectivity index (χ1) is 10.6. The fourth-order valence-corrected chi connectivity index (χ4v) is 5.20. The first-order valence-electron chi connectivity index (χ1n) is 7.47. The third kappa shape index (κ3) is 1.67. The lowest BCUT2D eigenvalue weighted by Crippen LogP contribution is -2.38. The van der Waals surface area contributed by atoms with Gasteiger partial charge in [0.2, 0.25) is 5.28 Å². The van der Waals surface area contributed by atoms with Gasteiger partial charge in [0.15, 0.2) is 10.8 Å². The molecule has 2 aromatic heterocycles. The van der Waals surface area contributed by atoms with Crippen molar-refractivity contribution in [3.8, 4) is 0 Å². The lowest BCUT2D eigenvalue weighted by Gasteiger charge is -2.30. The van der Waals surface area contributed by atoms with Crippen LogP contribution < -0.4 is 0 Å². The number of nitrogens with zero attached hydrogens (tertiary/aromatic N) is 4. The van der Waals surface area contributed by atoms with E-state index in [0.717, 1.165) is 19.6 Å². The number of hydrogen-bond acceptors (Lipinski definition) is 5. The van der Waals surface area contributed by atoms with Crippen LogP contribution >= 0.6 is 23.2 Å². The highest BCUT2D eigenvalue weighted by atomic mass is 35.5. The Hall–Kier alpha value is -0.950. The third-order valence-electron chi connectivity index (χ3n) is 5.67. The molecule has 2 saturated carbocycles. The van der Waals surface area contributed by atoms with Crippen LogP contribution in [-0.4, -0.2) is 43.4 Å². The number of halogens is 2. The van der Waals surface area contributed by atoms with E-state index in [9.17, 15) is 5.11 Å². The lowest BCUT2D eigenvalue weighted by atomic mass is 9.79. The lowest BCUT2D eigenvalue weighted by molar-refractivity contribution is -0.0186. The van der Waals surface area contributed by atoms with E-state index in [1.807, 2.05) is 4.57 Å². The Balaban J connectivity index is 1.52.